The van der Waals surface area contributed by atoms with Crippen molar-refractivity contribution in [3.63, 3.8) is 0 Å². The smallest absolute Gasteiger partial charge is 0.459 e. The molecule has 4 aromatic rings. The number of aromatic nitrogens is 4. The Kier molecular flexibility index (Phi) is 19.0. The number of unbranched alkanes of at least 4 members (excludes halogenated alkanes) is 12. The highest BCUT2D eigenvalue weighted by atomic mass is 31.2. The number of rotatable bonds is 27. The maximum atomic E-state index is 14.9. The number of carbonyl (C=O) groups excluding carboxylic acids is 2. The molecule has 1 fully saturated rings. The van der Waals surface area contributed by atoms with Crippen LogP contribution in [0.15, 0.2) is 54.9 Å². The Morgan fingerprint density at radius 2 is 1.59 bits per heavy atom. The number of hydrogen-bond acceptors (Lipinski definition) is 12. The summed E-state index contributed by atoms with van der Waals surface area (Å²) in [4.78, 5) is 38.6. The number of carbonyl (C=O) groups is 2. The molecule has 64 heavy (non-hydrogen) atoms. The zero-order valence-corrected chi connectivity index (χ0v) is 37.7. The van der Waals surface area contributed by atoms with Crippen LogP contribution >= 0.6 is 7.75 Å². The molecule has 1 saturated heterocycles. The number of fused-ring (bicyclic) bond motifs is 1. The maximum Gasteiger partial charge on any atom is 0.459 e. The number of anilines is 1. The number of ether oxygens (including phenoxy) is 3. The first-order valence-corrected chi connectivity index (χ1v) is 23.7. The fraction of sp³-hybridized carbons (Fsp3) is 0.543. The van der Waals surface area contributed by atoms with Crippen LogP contribution in [0, 0.1) is 30.1 Å². The molecule has 5 rings (SSSR count). The van der Waals surface area contributed by atoms with Crippen molar-refractivity contribution in [3.8, 4) is 18.1 Å². The lowest BCUT2D eigenvalue weighted by molar-refractivity contribution is -0.158. The molecule has 0 saturated carbocycles. The minimum atomic E-state index is -4.76. The normalized spacial score (nSPS) is 18.7. The predicted octanol–water partition coefficient (Wildman–Crippen LogP) is 9.87. The Labute approximate surface area is 373 Å². The highest BCUT2D eigenvalue weighted by Crippen LogP contribution is 2.49. The van der Waals surface area contributed by atoms with Crippen molar-refractivity contribution < 1.29 is 50.6 Å². The van der Waals surface area contributed by atoms with Crippen molar-refractivity contribution in [2.75, 3.05) is 12.3 Å². The number of para-hydroxylation sites is 1. The first-order chi connectivity index (χ1) is 30.7. The molecule has 1 unspecified atom stereocenters. The molecule has 1 aliphatic rings. The number of nitrogens with two attached hydrogens (primary N) is 1. The standard InChI is InChI=1S/C46H60F3N6O8P/c1-5-7-8-9-10-11-12-13-14-15-16-17-21-24-40(56)61-38-29-39(55-31-51-41-42(50)52-45(49)53-43(41)55)62-46(38,6-2)30-59-64(58,63-36-22-19-18-20-23-36)54-37(44(57)60-32(3)4)27-33-25-34(47)28-35(48)26-33/h2,18-20,22-23,25-26,28,31-32,37-39H,5,7-17,21,24,27,29-30H2,1,3-4H3,(H,54,58)(H2,50,52,53)/t37?,38-,39+,46+,64-/m0/s1. The molecular weight excluding hydrogens is 853 g/mol. The lowest BCUT2D eigenvalue weighted by Gasteiger charge is -2.31. The van der Waals surface area contributed by atoms with Crippen LogP contribution < -0.4 is 15.3 Å². The third-order valence-electron chi connectivity index (χ3n) is 10.7. The molecule has 18 heteroatoms. The van der Waals surface area contributed by atoms with Gasteiger partial charge in [0.25, 0.3) is 0 Å². The van der Waals surface area contributed by atoms with Gasteiger partial charge in [0.15, 0.2) is 22.6 Å². The Balaban J connectivity index is 1.34. The number of terminal acetylenes is 1. The summed E-state index contributed by atoms with van der Waals surface area (Å²) in [6, 6.07) is 9.04. The number of halogens is 3. The van der Waals surface area contributed by atoms with Gasteiger partial charge in [0.1, 0.15) is 42.4 Å². The number of imidazole rings is 1. The molecule has 3 heterocycles. The molecule has 14 nitrogen and oxygen atoms in total. The van der Waals surface area contributed by atoms with E-state index in [-0.39, 0.29) is 41.1 Å². The number of benzene rings is 2. The molecule has 0 radical (unpaired) electrons. The van der Waals surface area contributed by atoms with E-state index < -0.39 is 80.5 Å². The van der Waals surface area contributed by atoms with Gasteiger partial charge in [-0.1, -0.05) is 108 Å². The first-order valence-electron chi connectivity index (χ1n) is 22.2. The number of nitrogens with zero attached hydrogens (tertiary/aromatic N) is 4. The van der Waals surface area contributed by atoms with Gasteiger partial charge in [0.05, 0.1) is 12.4 Å². The average molecular weight is 913 g/mol. The lowest BCUT2D eigenvalue weighted by atomic mass is 9.98. The summed E-state index contributed by atoms with van der Waals surface area (Å²) in [5.41, 5.74) is 4.04. The Morgan fingerprint density at radius 1 is 0.969 bits per heavy atom. The van der Waals surface area contributed by atoms with Crippen LogP contribution in [0.1, 0.15) is 129 Å². The van der Waals surface area contributed by atoms with Gasteiger partial charge in [-0.25, -0.2) is 18.3 Å². The zero-order chi connectivity index (χ0) is 46.1. The van der Waals surface area contributed by atoms with Gasteiger partial charge in [-0.3, -0.25) is 18.7 Å². The molecule has 2 aromatic heterocycles. The molecule has 5 atom stereocenters. The minimum Gasteiger partial charge on any atom is -0.462 e. The quantitative estimate of drug-likeness (QED) is 0.0190. The zero-order valence-electron chi connectivity index (χ0n) is 36.8. The van der Waals surface area contributed by atoms with Gasteiger partial charge >= 0.3 is 25.8 Å². The van der Waals surface area contributed by atoms with E-state index >= 15 is 0 Å². The second-order valence-electron chi connectivity index (χ2n) is 16.3. The third kappa shape index (κ3) is 14.8. The molecular formula is C46H60F3N6O8P. The van der Waals surface area contributed by atoms with Crippen molar-refractivity contribution in [1.82, 2.24) is 24.6 Å². The van der Waals surface area contributed by atoms with Crippen molar-refractivity contribution in [2.24, 2.45) is 0 Å². The topological polar surface area (TPSA) is 179 Å². The lowest BCUT2D eigenvalue weighted by Crippen LogP contribution is -2.46. The summed E-state index contributed by atoms with van der Waals surface area (Å²) in [6.07, 6.45) is 17.7. The number of hydrogen-bond donors (Lipinski definition) is 2. The number of nitrogens with one attached hydrogen (secondary N) is 1. The van der Waals surface area contributed by atoms with Crippen molar-refractivity contribution >= 4 is 36.7 Å². The van der Waals surface area contributed by atoms with E-state index in [1.54, 1.807) is 32.0 Å². The van der Waals surface area contributed by atoms with E-state index in [0.29, 0.717) is 12.5 Å². The van der Waals surface area contributed by atoms with Crippen LogP contribution in [0.4, 0.5) is 19.0 Å². The molecule has 0 amide bonds. The fourth-order valence-electron chi connectivity index (χ4n) is 7.52. The highest BCUT2D eigenvalue weighted by Gasteiger charge is 2.53. The van der Waals surface area contributed by atoms with Crippen molar-refractivity contribution in [3.05, 3.63) is 78.1 Å². The summed E-state index contributed by atoms with van der Waals surface area (Å²) in [5, 5.41) is 2.61. The Hall–Kier alpha value is -5.01. The van der Waals surface area contributed by atoms with Crippen LogP contribution in [0.3, 0.4) is 0 Å². The molecule has 1 aliphatic heterocycles. The summed E-state index contributed by atoms with van der Waals surface area (Å²) in [7, 11) is -4.76. The van der Waals surface area contributed by atoms with Gasteiger partial charge in [0.2, 0.25) is 0 Å². The number of nitrogen functional groups attached to an aromatic ring is 1. The van der Waals surface area contributed by atoms with E-state index in [0.717, 1.165) is 37.8 Å². The van der Waals surface area contributed by atoms with Crippen LogP contribution in [0.2, 0.25) is 0 Å². The first kappa shape index (κ1) is 50.0. The van der Waals surface area contributed by atoms with Crippen LogP contribution in [-0.4, -0.2) is 61.9 Å². The second kappa shape index (κ2) is 24.3. The summed E-state index contributed by atoms with van der Waals surface area (Å²) in [6.45, 7) is 4.65. The summed E-state index contributed by atoms with van der Waals surface area (Å²) in [5.74, 6) is -0.916. The highest BCUT2D eigenvalue weighted by molar-refractivity contribution is 7.52. The van der Waals surface area contributed by atoms with Crippen molar-refractivity contribution in [1.29, 1.82) is 0 Å². The Bertz CT molecular complexity index is 2210. The van der Waals surface area contributed by atoms with Crippen molar-refractivity contribution in [2.45, 2.75) is 154 Å². The fourth-order valence-corrected chi connectivity index (χ4v) is 9.04. The maximum absolute atomic E-state index is 14.9. The van der Waals surface area contributed by atoms with E-state index in [2.05, 4.69) is 32.9 Å². The molecule has 0 aliphatic carbocycles. The van der Waals surface area contributed by atoms with Crippen LogP contribution in [0.5, 0.6) is 5.75 Å². The molecule has 3 N–H and O–H groups in total. The van der Waals surface area contributed by atoms with E-state index in [9.17, 15) is 27.3 Å². The average Bonchev–Trinajstić information content (AvgIpc) is 3.83. The van der Waals surface area contributed by atoms with E-state index in [1.165, 1.54) is 74.4 Å². The van der Waals surface area contributed by atoms with Gasteiger partial charge in [0, 0.05) is 18.9 Å². The van der Waals surface area contributed by atoms with E-state index in [4.69, 9.17) is 35.4 Å². The molecule has 0 spiro atoms. The van der Waals surface area contributed by atoms with Gasteiger partial charge < -0.3 is 24.5 Å². The molecule has 0 bridgehead atoms. The van der Waals surface area contributed by atoms with Gasteiger partial charge in [-0.05, 0) is 56.5 Å². The predicted molar refractivity (Wildman–Crippen MR) is 235 cm³/mol. The van der Waals surface area contributed by atoms with E-state index in [1.807, 2.05) is 0 Å². The van der Waals surface area contributed by atoms with Crippen LogP contribution in [-0.2, 0) is 39.3 Å². The van der Waals surface area contributed by atoms with Crippen LogP contribution in [0.25, 0.3) is 11.2 Å². The summed E-state index contributed by atoms with van der Waals surface area (Å²) < 4.78 is 89.1. The molecule has 2 aromatic carbocycles. The second-order valence-corrected chi connectivity index (χ2v) is 18.0. The monoisotopic (exact) mass is 912 g/mol. The SMILES string of the molecule is C#C[C@]1(CO[P@@](=O)(NC(Cc2cc(F)cc(F)c2)C(=O)OC(C)C)Oc2ccccc2)O[C@@H](n2cnc3c(N)nc(F)nc32)C[C@@H]1OC(=O)CCCCCCCCCCCCCCC. The van der Waals surface area contributed by atoms with Gasteiger partial charge in [-0.15, -0.1) is 6.42 Å². The minimum absolute atomic E-state index is 0.0270. The largest absolute Gasteiger partial charge is 0.462 e. The van der Waals surface area contributed by atoms with Gasteiger partial charge in [-0.2, -0.15) is 19.4 Å². The third-order valence-corrected chi connectivity index (χ3v) is 12.3. The molecule has 348 valence electrons. The summed E-state index contributed by atoms with van der Waals surface area (Å²) >= 11 is 0. The Morgan fingerprint density at radius 3 is 2.20 bits per heavy atom. The number of esters is 2.